The van der Waals surface area contributed by atoms with Crippen LogP contribution in [0.4, 0.5) is 19.0 Å². The number of aromatic nitrogens is 2. The van der Waals surface area contributed by atoms with E-state index >= 15 is 0 Å². The third kappa shape index (κ3) is 5.01. The summed E-state index contributed by atoms with van der Waals surface area (Å²) in [5.41, 5.74) is 0.682. The van der Waals surface area contributed by atoms with E-state index < -0.39 is 28.0 Å². The van der Waals surface area contributed by atoms with Crippen molar-refractivity contribution in [1.29, 1.82) is 0 Å². The molecule has 14 heteroatoms. The Morgan fingerprint density at radius 2 is 1.86 bits per heavy atom. The number of anilines is 1. The van der Waals surface area contributed by atoms with Gasteiger partial charge in [-0.05, 0) is 25.1 Å². The molecule has 188 valence electrons. The fraction of sp³-hybridized carbons (Fsp3) is 0.429. The number of sulfone groups is 1. The van der Waals surface area contributed by atoms with Gasteiger partial charge in [-0.3, -0.25) is 9.59 Å². The van der Waals surface area contributed by atoms with Crippen molar-refractivity contribution < 1.29 is 35.9 Å². The van der Waals surface area contributed by atoms with Crippen LogP contribution < -0.4 is 15.0 Å². The minimum Gasteiger partial charge on any atom is -0.480 e. The van der Waals surface area contributed by atoms with Crippen LogP contribution in [0.2, 0.25) is 0 Å². The minimum absolute atomic E-state index is 0.163. The van der Waals surface area contributed by atoms with E-state index in [0.717, 1.165) is 31.4 Å². The highest BCUT2D eigenvalue weighted by Crippen LogP contribution is 2.31. The second-order valence-electron chi connectivity index (χ2n) is 8.21. The summed E-state index contributed by atoms with van der Waals surface area (Å²) in [4.78, 5) is 36.8. The number of hydrogen-bond acceptors (Lipinski definition) is 8. The second kappa shape index (κ2) is 8.98. The predicted octanol–water partition coefficient (Wildman–Crippen LogP) is 1.42. The molecular weight excluding hydrogens is 491 g/mol. The van der Waals surface area contributed by atoms with Gasteiger partial charge in [0.25, 0.3) is 11.8 Å². The van der Waals surface area contributed by atoms with Crippen molar-refractivity contribution in [3.63, 3.8) is 0 Å². The van der Waals surface area contributed by atoms with E-state index in [0.29, 0.717) is 36.7 Å². The van der Waals surface area contributed by atoms with Gasteiger partial charge in [-0.15, -0.1) is 0 Å². The molecule has 1 atom stereocenters. The number of carbonyl (C=O) groups is 2. The van der Waals surface area contributed by atoms with Gasteiger partial charge < -0.3 is 19.9 Å². The number of piperazine rings is 1. The average Bonchev–Trinajstić information content (AvgIpc) is 3.18. The molecule has 3 heterocycles. The number of halogens is 3. The maximum Gasteiger partial charge on any atom is 0.425 e. The lowest BCUT2D eigenvalue weighted by atomic mass is 10.1. The summed E-state index contributed by atoms with van der Waals surface area (Å²) in [6.45, 7) is 2.02. The lowest BCUT2D eigenvalue weighted by Crippen LogP contribution is -2.49. The number of nitrogens with one attached hydrogen (secondary N) is 1. The third-order valence-electron chi connectivity index (χ3n) is 5.79. The van der Waals surface area contributed by atoms with E-state index in [-0.39, 0.29) is 35.2 Å². The summed E-state index contributed by atoms with van der Waals surface area (Å²) >= 11 is 0. The van der Waals surface area contributed by atoms with Gasteiger partial charge in [0.15, 0.2) is 15.9 Å². The predicted molar refractivity (Wildman–Crippen MR) is 117 cm³/mol. The summed E-state index contributed by atoms with van der Waals surface area (Å²) in [5, 5.41) is 2.69. The highest BCUT2D eigenvalue weighted by atomic mass is 32.2. The molecule has 2 amide bonds. The summed E-state index contributed by atoms with van der Waals surface area (Å²) in [5.74, 6) is -0.864. The van der Waals surface area contributed by atoms with Gasteiger partial charge in [-0.2, -0.15) is 13.2 Å². The summed E-state index contributed by atoms with van der Waals surface area (Å²) in [6, 6.07) is 3.19. The van der Waals surface area contributed by atoms with Crippen LogP contribution in [-0.2, 0) is 16.4 Å². The van der Waals surface area contributed by atoms with Crippen molar-refractivity contribution >= 4 is 27.5 Å². The zero-order valence-electron chi connectivity index (χ0n) is 18.8. The fourth-order valence-electron chi connectivity index (χ4n) is 3.83. The summed E-state index contributed by atoms with van der Waals surface area (Å²) in [6.07, 6.45) is -4.59. The SMILES string of the molecule is C[C@H](Oc1ccc(S(C)(=O)=O)cc1C(=O)N1CCN(c2ncnc3c2C(=O)NC3)CC1)C(F)(F)F. The number of alkyl halides is 3. The van der Waals surface area contributed by atoms with Crippen molar-refractivity contribution in [2.75, 3.05) is 37.3 Å². The lowest BCUT2D eigenvalue weighted by molar-refractivity contribution is -0.189. The zero-order chi connectivity index (χ0) is 25.5. The molecule has 2 aromatic rings. The zero-order valence-corrected chi connectivity index (χ0v) is 19.6. The van der Waals surface area contributed by atoms with Crippen LogP contribution in [0.5, 0.6) is 5.75 Å². The normalized spacial score (nSPS) is 17.1. The number of ether oxygens (including phenoxy) is 1. The molecule has 2 aliphatic rings. The first-order valence-corrected chi connectivity index (χ1v) is 12.5. The highest BCUT2D eigenvalue weighted by Gasteiger charge is 2.39. The van der Waals surface area contributed by atoms with E-state index in [9.17, 15) is 31.2 Å². The van der Waals surface area contributed by atoms with Gasteiger partial charge in [-0.25, -0.2) is 18.4 Å². The Labute approximate surface area is 199 Å². The molecule has 0 saturated carbocycles. The number of hydrogen-bond donors (Lipinski definition) is 1. The van der Waals surface area contributed by atoms with Crippen molar-refractivity contribution in [3.05, 3.63) is 41.3 Å². The monoisotopic (exact) mass is 513 g/mol. The quantitative estimate of drug-likeness (QED) is 0.637. The fourth-order valence-corrected chi connectivity index (χ4v) is 4.48. The standard InChI is InChI=1S/C21H22F3N5O5S/c1-12(21(22,23)24)34-16-4-3-13(35(2,32)33)9-14(16)20(31)29-7-5-28(6-8-29)18-17-15(26-11-27-18)10-25-19(17)30/h3-4,9,11-12H,5-8,10H2,1-2H3,(H,25,30)/t12-/m0/s1. The van der Waals surface area contributed by atoms with Crippen molar-refractivity contribution in [3.8, 4) is 5.75 Å². The maximum atomic E-state index is 13.3. The second-order valence-corrected chi connectivity index (χ2v) is 10.2. The van der Waals surface area contributed by atoms with Gasteiger partial charge in [0.05, 0.1) is 22.7 Å². The Hall–Kier alpha value is -3.42. The number of carbonyl (C=O) groups excluding carboxylic acids is 2. The summed E-state index contributed by atoms with van der Waals surface area (Å²) in [7, 11) is -3.73. The first kappa shape index (κ1) is 24.7. The summed E-state index contributed by atoms with van der Waals surface area (Å²) < 4.78 is 68.2. The van der Waals surface area contributed by atoms with Gasteiger partial charge in [0.1, 0.15) is 23.5 Å². The molecule has 1 aromatic heterocycles. The molecule has 1 saturated heterocycles. The van der Waals surface area contributed by atoms with E-state index in [2.05, 4.69) is 15.3 Å². The van der Waals surface area contributed by atoms with E-state index in [1.165, 1.54) is 11.2 Å². The van der Waals surface area contributed by atoms with Crippen molar-refractivity contribution in [1.82, 2.24) is 20.2 Å². The molecule has 2 aliphatic heterocycles. The molecule has 0 aliphatic carbocycles. The van der Waals surface area contributed by atoms with Gasteiger partial charge >= 0.3 is 6.18 Å². The number of amides is 2. The van der Waals surface area contributed by atoms with Crippen LogP contribution in [0.1, 0.15) is 33.3 Å². The van der Waals surface area contributed by atoms with Crippen LogP contribution >= 0.6 is 0 Å². The molecule has 0 radical (unpaired) electrons. The molecule has 0 spiro atoms. The molecule has 0 unspecified atom stereocenters. The van der Waals surface area contributed by atoms with Crippen molar-refractivity contribution in [2.45, 2.75) is 30.6 Å². The Kier molecular flexibility index (Phi) is 6.34. The number of nitrogens with zero attached hydrogens (tertiary/aromatic N) is 4. The van der Waals surface area contributed by atoms with Crippen molar-refractivity contribution in [2.24, 2.45) is 0 Å². The highest BCUT2D eigenvalue weighted by molar-refractivity contribution is 7.90. The van der Waals surface area contributed by atoms with E-state index in [1.54, 1.807) is 0 Å². The van der Waals surface area contributed by atoms with E-state index in [4.69, 9.17) is 4.74 Å². The largest absolute Gasteiger partial charge is 0.480 e. The van der Waals surface area contributed by atoms with Crippen LogP contribution in [0.25, 0.3) is 0 Å². The first-order valence-electron chi connectivity index (χ1n) is 10.6. The smallest absolute Gasteiger partial charge is 0.425 e. The Morgan fingerprint density at radius 1 is 1.17 bits per heavy atom. The van der Waals surface area contributed by atoms with E-state index in [1.807, 2.05) is 4.90 Å². The molecule has 1 fully saturated rings. The maximum absolute atomic E-state index is 13.3. The molecule has 1 N–H and O–H groups in total. The molecule has 0 bridgehead atoms. The lowest BCUT2D eigenvalue weighted by Gasteiger charge is -2.36. The number of fused-ring (bicyclic) bond motifs is 1. The first-order chi connectivity index (χ1) is 16.4. The van der Waals surface area contributed by atoms with Crippen LogP contribution in [-0.4, -0.2) is 79.8 Å². The molecule has 4 rings (SSSR count). The van der Waals surface area contributed by atoms with Crippen LogP contribution in [0, 0.1) is 0 Å². The molecular formula is C21H22F3N5O5S. The Balaban J connectivity index is 1.57. The Bertz CT molecular complexity index is 1280. The van der Waals surface area contributed by atoms with Crippen LogP contribution in [0.15, 0.2) is 29.4 Å². The third-order valence-corrected chi connectivity index (χ3v) is 6.90. The average molecular weight is 513 g/mol. The number of benzene rings is 1. The molecule has 35 heavy (non-hydrogen) atoms. The molecule has 1 aromatic carbocycles. The van der Waals surface area contributed by atoms with Gasteiger partial charge in [0.2, 0.25) is 0 Å². The Morgan fingerprint density at radius 3 is 2.49 bits per heavy atom. The topological polar surface area (TPSA) is 122 Å². The minimum atomic E-state index is -4.68. The van der Waals surface area contributed by atoms with Gasteiger partial charge in [0, 0.05) is 32.4 Å². The molecule has 10 nitrogen and oxygen atoms in total. The number of rotatable bonds is 5. The van der Waals surface area contributed by atoms with Gasteiger partial charge in [-0.1, -0.05) is 0 Å². The van der Waals surface area contributed by atoms with Crippen LogP contribution in [0.3, 0.4) is 0 Å².